The van der Waals surface area contributed by atoms with E-state index in [2.05, 4.69) is 34.4 Å². The highest BCUT2D eigenvalue weighted by molar-refractivity contribution is 6.30. The van der Waals surface area contributed by atoms with Gasteiger partial charge in [0.15, 0.2) is 5.96 Å². The van der Waals surface area contributed by atoms with E-state index >= 15 is 0 Å². The molecule has 4 atom stereocenters. The molecule has 0 bridgehead atoms. The molecule has 1 aliphatic carbocycles. The number of fused-ring (bicyclic) bond motifs is 1. The molecule has 0 radical (unpaired) electrons. The van der Waals surface area contributed by atoms with Crippen molar-refractivity contribution in [2.24, 2.45) is 16.3 Å². The van der Waals surface area contributed by atoms with E-state index in [9.17, 15) is 0 Å². The van der Waals surface area contributed by atoms with E-state index in [1.807, 2.05) is 25.2 Å². The molecule has 4 unspecified atom stereocenters. The second-order valence-corrected chi connectivity index (χ2v) is 9.09. The number of halogens is 1. The lowest BCUT2D eigenvalue weighted by molar-refractivity contribution is -0.106. The van der Waals surface area contributed by atoms with Crippen LogP contribution in [0.1, 0.15) is 26.7 Å². The molecule has 6 nitrogen and oxygen atoms in total. The lowest BCUT2D eigenvalue weighted by Gasteiger charge is -2.55. The number of rotatable bonds is 4. The summed E-state index contributed by atoms with van der Waals surface area (Å²) in [5.74, 6) is 2.33. The molecule has 0 aromatic heterocycles. The van der Waals surface area contributed by atoms with Crippen molar-refractivity contribution in [3.8, 4) is 5.75 Å². The first-order valence-corrected chi connectivity index (χ1v) is 10.5. The molecule has 28 heavy (non-hydrogen) atoms. The lowest BCUT2D eigenvalue weighted by atomic mass is 9.57. The number of methoxy groups -OCH3 is 1. The maximum Gasteiger partial charge on any atom is 0.191 e. The van der Waals surface area contributed by atoms with E-state index in [4.69, 9.17) is 21.1 Å². The third-order valence-corrected chi connectivity index (χ3v) is 6.86. The van der Waals surface area contributed by atoms with Gasteiger partial charge in [0.2, 0.25) is 0 Å². The minimum atomic E-state index is 0.134. The second-order valence-electron chi connectivity index (χ2n) is 8.65. The Labute approximate surface area is 172 Å². The van der Waals surface area contributed by atoms with Crippen molar-refractivity contribution in [3.05, 3.63) is 23.2 Å². The minimum absolute atomic E-state index is 0.134. The van der Waals surface area contributed by atoms with E-state index in [0.717, 1.165) is 55.0 Å². The summed E-state index contributed by atoms with van der Waals surface area (Å²) >= 11 is 6.21. The van der Waals surface area contributed by atoms with Crippen molar-refractivity contribution < 1.29 is 9.47 Å². The van der Waals surface area contributed by atoms with Gasteiger partial charge in [0.25, 0.3) is 0 Å². The van der Waals surface area contributed by atoms with Crippen LogP contribution >= 0.6 is 11.6 Å². The zero-order valence-corrected chi connectivity index (χ0v) is 17.9. The molecule has 3 aliphatic rings. The average Bonchev–Trinajstić information content (AvgIpc) is 3.33. The van der Waals surface area contributed by atoms with Crippen LogP contribution in [0.4, 0.5) is 5.69 Å². The Kier molecular flexibility index (Phi) is 5.36. The van der Waals surface area contributed by atoms with Crippen molar-refractivity contribution in [1.29, 1.82) is 0 Å². The Morgan fingerprint density at radius 3 is 2.89 bits per heavy atom. The molecule has 0 spiro atoms. The van der Waals surface area contributed by atoms with E-state index in [1.54, 1.807) is 7.11 Å². The summed E-state index contributed by atoms with van der Waals surface area (Å²) in [5.41, 5.74) is 1.18. The van der Waals surface area contributed by atoms with Crippen molar-refractivity contribution in [2.75, 3.05) is 38.8 Å². The fraction of sp³-hybridized carbons (Fsp3) is 0.667. The molecule has 2 aliphatic heterocycles. The molecule has 2 saturated heterocycles. The fourth-order valence-electron chi connectivity index (χ4n) is 5.14. The molecule has 0 amide bonds. The van der Waals surface area contributed by atoms with Crippen LogP contribution in [0.5, 0.6) is 5.75 Å². The van der Waals surface area contributed by atoms with E-state index in [0.29, 0.717) is 24.1 Å². The van der Waals surface area contributed by atoms with Crippen LogP contribution in [-0.4, -0.2) is 58.0 Å². The molecule has 2 N–H and O–H groups in total. The average molecular weight is 407 g/mol. The molecule has 154 valence electrons. The SMILES string of the molecule is CN=C(NC1CCN(c2cc(Cl)ccc2OC)C1)NC1C2CCOC2C1(C)C. The van der Waals surface area contributed by atoms with Gasteiger partial charge in [0.1, 0.15) is 5.75 Å². The highest BCUT2D eigenvalue weighted by atomic mass is 35.5. The number of aliphatic imine (C=N–C) groups is 1. The van der Waals surface area contributed by atoms with Gasteiger partial charge >= 0.3 is 0 Å². The number of ether oxygens (including phenoxy) is 2. The molecule has 3 fully saturated rings. The summed E-state index contributed by atoms with van der Waals surface area (Å²) in [6.07, 6.45) is 2.55. The van der Waals surface area contributed by atoms with Gasteiger partial charge in [0, 0.05) is 55.2 Å². The Morgan fingerprint density at radius 2 is 2.14 bits per heavy atom. The van der Waals surface area contributed by atoms with Gasteiger partial charge < -0.3 is 25.0 Å². The summed E-state index contributed by atoms with van der Waals surface area (Å²) in [4.78, 5) is 6.81. The van der Waals surface area contributed by atoms with Crippen LogP contribution in [0, 0.1) is 11.3 Å². The monoisotopic (exact) mass is 406 g/mol. The number of hydrogen-bond acceptors (Lipinski definition) is 4. The zero-order chi connectivity index (χ0) is 19.9. The molecule has 1 aromatic rings. The van der Waals surface area contributed by atoms with Crippen LogP contribution in [0.2, 0.25) is 5.02 Å². The molecular weight excluding hydrogens is 376 g/mol. The first-order chi connectivity index (χ1) is 13.4. The Hall–Kier alpha value is -1.66. The number of anilines is 1. The summed E-state index contributed by atoms with van der Waals surface area (Å²) in [6.45, 7) is 7.29. The number of benzene rings is 1. The highest BCUT2D eigenvalue weighted by Crippen LogP contribution is 2.52. The predicted molar refractivity (Wildman–Crippen MR) is 114 cm³/mol. The molecule has 1 saturated carbocycles. The van der Waals surface area contributed by atoms with Crippen LogP contribution in [-0.2, 0) is 4.74 Å². The maximum atomic E-state index is 6.21. The Morgan fingerprint density at radius 1 is 1.32 bits per heavy atom. The zero-order valence-electron chi connectivity index (χ0n) is 17.2. The normalized spacial score (nSPS) is 31.3. The van der Waals surface area contributed by atoms with Crippen LogP contribution in [0.3, 0.4) is 0 Å². The third kappa shape index (κ3) is 3.41. The maximum absolute atomic E-state index is 6.21. The summed E-state index contributed by atoms with van der Waals surface area (Å²) < 4.78 is 11.4. The fourth-order valence-corrected chi connectivity index (χ4v) is 5.30. The van der Waals surface area contributed by atoms with Crippen LogP contribution in [0.25, 0.3) is 0 Å². The van der Waals surface area contributed by atoms with E-state index in [1.165, 1.54) is 0 Å². The van der Waals surface area contributed by atoms with Gasteiger partial charge in [-0.05, 0) is 31.0 Å². The van der Waals surface area contributed by atoms with Crippen molar-refractivity contribution in [1.82, 2.24) is 10.6 Å². The standard InChI is InChI=1S/C21H31ClN4O2/c1-21(2)18(15-8-10-28-19(15)21)25-20(23-3)24-14-7-9-26(12-14)16-11-13(22)5-6-17(16)27-4/h5-6,11,14-15,18-19H,7-10,12H2,1-4H3,(H2,23,24,25). The van der Waals surface area contributed by atoms with Crippen molar-refractivity contribution in [2.45, 2.75) is 44.9 Å². The van der Waals surface area contributed by atoms with Gasteiger partial charge in [-0.2, -0.15) is 0 Å². The summed E-state index contributed by atoms with van der Waals surface area (Å²) in [7, 11) is 3.54. The lowest BCUT2D eigenvalue weighted by Crippen LogP contribution is -2.68. The highest BCUT2D eigenvalue weighted by Gasteiger charge is 2.59. The van der Waals surface area contributed by atoms with Crippen molar-refractivity contribution in [3.63, 3.8) is 0 Å². The molecule has 7 heteroatoms. The van der Waals surface area contributed by atoms with E-state index in [-0.39, 0.29) is 5.41 Å². The van der Waals surface area contributed by atoms with Gasteiger partial charge in [-0.25, -0.2) is 0 Å². The molecule has 4 rings (SSSR count). The largest absolute Gasteiger partial charge is 0.495 e. The number of nitrogens with zero attached hydrogens (tertiary/aromatic N) is 2. The van der Waals surface area contributed by atoms with Gasteiger partial charge in [-0.1, -0.05) is 25.4 Å². The third-order valence-electron chi connectivity index (χ3n) is 6.63. The summed E-state index contributed by atoms with van der Waals surface area (Å²) in [5, 5.41) is 8.02. The second kappa shape index (κ2) is 7.64. The number of hydrogen-bond donors (Lipinski definition) is 2. The predicted octanol–water partition coefficient (Wildman–Crippen LogP) is 2.91. The van der Waals surface area contributed by atoms with Gasteiger partial charge in [-0.15, -0.1) is 0 Å². The quantitative estimate of drug-likeness (QED) is 0.594. The van der Waals surface area contributed by atoms with Crippen molar-refractivity contribution >= 4 is 23.2 Å². The first kappa shape index (κ1) is 19.6. The topological polar surface area (TPSA) is 58.1 Å². The molecule has 1 aromatic carbocycles. The number of guanidine groups is 1. The first-order valence-electron chi connectivity index (χ1n) is 10.1. The summed E-state index contributed by atoms with van der Waals surface area (Å²) in [6, 6.07) is 6.50. The Bertz CT molecular complexity index is 754. The van der Waals surface area contributed by atoms with Gasteiger partial charge in [0.05, 0.1) is 18.9 Å². The van der Waals surface area contributed by atoms with Crippen LogP contribution < -0.4 is 20.3 Å². The van der Waals surface area contributed by atoms with Gasteiger partial charge in [-0.3, -0.25) is 4.99 Å². The molecule has 2 heterocycles. The smallest absolute Gasteiger partial charge is 0.191 e. The minimum Gasteiger partial charge on any atom is -0.495 e. The molecular formula is C21H31ClN4O2. The number of nitrogens with one attached hydrogen (secondary N) is 2. The van der Waals surface area contributed by atoms with E-state index < -0.39 is 0 Å². The van der Waals surface area contributed by atoms with Crippen LogP contribution in [0.15, 0.2) is 23.2 Å². The Balaban J connectivity index is 1.38.